The second-order valence-electron chi connectivity index (χ2n) is 8.06. The number of benzene rings is 2. The molecule has 0 aliphatic rings. The van der Waals surface area contributed by atoms with Crippen LogP contribution >= 0.6 is 0 Å². The lowest BCUT2D eigenvalue weighted by atomic mass is 9.74. The highest BCUT2D eigenvalue weighted by Gasteiger charge is 2.55. The highest BCUT2D eigenvalue weighted by atomic mass is 19.4. The molecule has 0 radical (unpaired) electrons. The summed E-state index contributed by atoms with van der Waals surface area (Å²) in [6.07, 6.45) is -3.81. The van der Waals surface area contributed by atoms with E-state index in [0.717, 1.165) is 12.1 Å². The molecule has 0 spiro atoms. The molecule has 0 aliphatic carbocycles. The predicted molar refractivity (Wildman–Crippen MR) is 110 cm³/mol. The molecule has 3 aromatic rings. The van der Waals surface area contributed by atoms with Gasteiger partial charge in [-0.1, -0.05) is 19.9 Å². The lowest BCUT2D eigenvalue weighted by molar-refractivity contribution is -0.234. The van der Waals surface area contributed by atoms with Gasteiger partial charge >= 0.3 is 6.18 Å². The van der Waals surface area contributed by atoms with Crippen LogP contribution in [0.3, 0.4) is 0 Å². The first-order valence-corrected chi connectivity index (χ1v) is 9.47. The van der Waals surface area contributed by atoms with E-state index in [4.69, 9.17) is 4.74 Å². The molecule has 1 atom stereocenters. The first-order chi connectivity index (χ1) is 14.4. The van der Waals surface area contributed by atoms with E-state index in [9.17, 15) is 22.7 Å². The molecular formula is C22H23F4N3O2. The summed E-state index contributed by atoms with van der Waals surface area (Å²) >= 11 is 0. The average Bonchev–Trinajstić information content (AvgIpc) is 3.07. The molecule has 2 aromatic carbocycles. The van der Waals surface area contributed by atoms with E-state index in [0.29, 0.717) is 17.1 Å². The van der Waals surface area contributed by atoms with Crippen LogP contribution in [-0.2, 0) is 12.5 Å². The molecule has 0 fully saturated rings. The summed E-state index contributed by atoms with van der Waals surface area (Å²) < 4.78 is 62.5. The maximum Gasteiger partial charge on any atom is 0.422 e. The number of aliphatic hydroxyl groups is 1. The van der Waals surface area contributed by atoms with Crippen molar-refractivity contribution in [2.45, 2.75) is 37.5 Å². The molecule has 0 saturated carbocycles. The smallest absolute Gasteiger partial charge is 0.422 e. The van der Waals surface area contributed by atoms with Gasteiger partial charge in [-0.25, -0.2) is 4.39 Å². The molecule has 3 rings (SSSR count). The molecule has 0 saturated heterocycles. The van der Waals surface area contributed by atoms with Crippen LogP contribution in [0.4, 0.5) is 23.2 Å². The standard InChI is InChI=1S/C22H23F4N3O2/c1-20(2,16-10-14(23)8-9-19(16)31-4)12-21(30,22(24,25)26)13-27-17-6-5-7-18-15(17)11-28-29(18)3/h5-11,13,30H,12H2,1-4H3. The summed E-state index contributed by atoms with van der Waals surface area (Å²) in [6, 6.07) is 8.56. The van der Waals surface area contributed by atoms with Crippen molar-refractivity contribution in [1.82, 2.24) is 9.78 Å². The minimum absolute atomic E-state index is 0.209. The van der Waals surface area contributed by atoms with Gasteiger partial charge in [-0.05, 0) is 42.2 Å². The van der Waals surface area contributed by atoms with Crippen LogP contribution in [-0.4, -0.2) is 40.0 Å². The Hall–Kier alpha value is -2.94. The van der Waals surface area contributed by atoms with Crippen molar-refractivity contribution in [3.63, 3.8) is 0 Å². The van der Waals surface area contributed by atoms with Crippen LogP contribution in [0.15, 0.2) is 47.6 Å². The number of alkyl halides is 3. The highest BCUT2D eigenvalue weighted by Crippen LogP contribution is 2.43. The zero-order valence-corrected chi connectivity index (χ0v) is 17.5. The summed E-state index contributed by atoms with van der Waals surface area (Å²) in [5, 5.41) is 15.3. The topological polar surface area (TPSA) is 59.6 Å². The first kappa shape index (κ1) is 22.7. The number of nitrogens with zero attached hydrogens (tertiary/aromatic N) is 3. The molecule has 1 aromatic heterocycles. The summed E-state index contributed by atoms with van der Waals surface area (Å²) in [6.45, 7) is 2.97. The second-order valence-corrected chi connectivity index (χ2v) is 8.06. The Kier molecular flexibility index (Phi) is 5.84. The SMILES string of the molecule is COc1ccc(F)cc1C(C)(C)CC(O)(C=Nc1cccc2c1cnn2C)C(F)(F)F. The fraction of sp³-hybridized carbons (Fsp3) is 0.364. The second kappa shape index (κ2) is 7.96. The summed E-state index contributed by atoms with van der Waals surface area (Å²) in [4.78, 5) is 3.97. The molecule has 166 valence electrons. The lowest BCUT2D eigenvalue weighted by Crippen LogP contribution is -2.50. The molecule has 0 aliphatic heterocycles. The molecule has 1 heterocycles. The van der Waals surface area contributed by atoms with Crippen molar-refractivity contribution in [3.05, 3.63) is 54.0 Å². The van der Waals surface area contributed by atoms with Gasteiger partial charge in [0, 0.05) is 24.2 Å². The molecular weight excluding hydrogens is 414 g/mol. The fourth-order valence-corrected chi connectivity index (χ4v) is 3.65. The van der Waals surface area contributed by atoms with Gasteiger partial charge < -0.3 is 9.84 Å². The zero-order chi connectivity index (χ0) is 23.0. The number of ether oxygens (including phenoxy) is 1. The van der Waals surface area contributed by atoms with E-state index < -0.39 is 29.4 Å². The van der Waals surface area contributed by atoms with E-state index in [-0.39, 0.29) is 17.0 Å². The number of hydrogen-bond donors (Lipinski definition) is 1. The Bertz CT molecular complexity index is 1120. The third kappa shape index (κ3) is 4.41. The van der Waals surface area contributed by atoms with Crippen molar-refractivity contribution in [1.29, 1.82) is 0 Å². The molecule has 0 bridgehead atoms. The number of halogens is 4. The van der Waals surface area contributed by atoms with E-state index in [1.165, 1.54) is 39.3 Å². The van der Waals surface area contributed by atoms with E-state index >= 15 is 0 Å². The Morgan fingerprint density at radius 2 is 1.90 bits per heavy atom. The Balaban J connectivity index is 2.03. The van der Waals surface area contributed by atoms with Crippen molar-refractivity contribution < 1.29 is 27.4 Å². The van der Waals surface area contributed by atoms with Crippen LogP contribution in [0, 0.1) is 5.82 Å². The van der Waals surface area contributed by atoms with Crippen LogP contribution < -0.4 is 4.74 Å². The number of aliphatic imine (C=N–C) groups is 1. The largest absolute Gasteiger partial charge is 0.496 e. The normalized spacial score (nSPS) is 14.9. The number of rotatable bonds is 6. The molecule has 1 N–H and O–H groups in total. The van der Waals surface area contributed by atoms with Crippen molar-refractivity contribution >= 4 is 22.8 Å². The number of aromatic nitrogens is 2. The quantitative estimate of drug-likeness (QED) is 0.432. The molecule has 5 nitrogen and oxygen atoms in total. The van der Waals surface area contributed by atoms with Crippen LogP contribution in [0.25, 0.3) is 10.9 Å². The fourth-order valence-electron chi connectivity index (χ4n) is 3.65. The Morgan fingerprint density at radius 3 is 2.55 bits per heavy atom. The van der Waals surface area contributed by atoms with E-state index in [2.05, 4.69) is 10.1 Å². The first-order valence-electron chi connectivity index (χ1n) is 9.47. The third-order valence-electron chi connectivity index (χ3n) is 5.28. The number of aryl methyl sites for hydroxylation is 1. The van der Waals surface area contributed by atoms with Crippen LogP contribution in [0.1, 0.15) is 25.8 Å². The molecule has 1 unspecified atom stereocenters. The summed E-state index contributed by atoms with van der Waals surface area (Å²) in [7, 11) is 3.05. The van der Waals surface area contributed by atoms with Gasteiger partial charge in [0.2, 0.25) is 0 Å². The number of fused-ring (bicyclic) bond motifs is 1. The predicted octanol–water partition coefficient (Wildman–Crippen LogP) is 5.08. The van der Waals surface area contributed by atoms with Crippen molar-refractivity contribution in [2.24, 2.45) is 12.0 Å². The minimum Gasteiger partial charge on any atom is -0.496 e. The maximum absolute atomic E-state index is 14.0. The van der Waals surface area contributed by atoms with E-state index in [1.807, 2.05) is 0 Å². The lowest BCUT2D eigenvalue weighted by Gasteiger charge is -2.36. The number of hydrogen-bond acceptors (Lipinski definition) is 4. The van der Waals surface area contributed by atoms with Crippen molar-refractivity contribution in [3.8, 4) is 5.75 Å². The summed E-state index contributed by atoms with van der Waals surface area (Å²) in [5.41, 5.74) is -3.42. The maximum atomic E-state index is 14.0. The Labute approximate surface area is 177 Å². The van der Waals surface area contributed by atoms with Crippen LogP contribution in [0.2, 0.25) is 0 Å². The van der Waals surface area contributed by atoms with Gasteiger partial charge in [-0.3, -0.25) is 9.67 Å². The van der Waals surface area contributed by atoms with Crippen molar-refractivity contribution in [2.75, 3.05) is 7.11 Å². The minimum atomic E-state index is -5.02. The zero-order valence-electron chi connectivity index (χ0n) is 17.5. The summed E-state index contributed by atoms with van der Waals surface area (Å²) in [5.74, 6) is -0.385. The average molecular weight is 437 g/mol. The molecule has 9 heteroatoms. The van der Waals surface area contributed by atoms with Gasteiger partial charge in [0.15, 0.2) is 5.60 Å². The van der Waals surface area contributed by atoms with Gasteiger partial charge in [0.25, 0.3) is 0 Å². The number of methoxy groups -OCH3 is 1. The van der Waals surface area contributed by atoms with E-state index in [1.54, 1.807) is 23.9 Å². The third-order valence-corrected chi connectivity index (χ3v) is 5.28. The molecule has 31 heavy (non-hydrogen) atoms. The van der Waals surface area contributed by atoms with Crippen LogP contribution in [0.5, 0.6) is 5.75 Å². The Morgan fingerprint density at radius 1 is 1.19 bits per heavy atom. The highest BCUT2D eigenvalue weighted by molar-refractivity contribution is 5.92. The van der Waals surface area contributed by atoms with Gasteiger partial charge in [0.1, 0.15) is 11.6 Å². The van der Waals surface area contributed by atoms with Gasteiger partial charge in [-0.15, -0.1) is 0 Å². The monoisotopic (exact) mass is 437 g/mol. The molecule has 0 amide bonds. The van der Waals surface area contributed by atoms with Gasteiger partial charge in [0.05, 0.1) is 24.5 Å². The van der Waals surface area contributed by atoms with Gasteiger partial charge in [-0.2, -0.15) is 18.3 Å².